The van der Waals surface area contributed by atoms with Crippen molar-refractivity contribution in [2.45, 2.75) is 12.9 Å². The first kappa shape index (κ1) is 16.9. The first-order valence-electron chi connectivity index (χ1n) is 7.32. The molecule has 0 fully saturated rings. The van der Waals surface area contributed by atoms with Gasteiger partial charge in [-0.3, -0.25) is 4.79 Å². The minimum atomic E-state index is -4.76. The maximum atomic E-state index is 12.3. The van der Waals surface area contributed by atoms with Gasteiger partial charge in [-0.2, -0.15) is 0 Å². The number of amides is 1. The van der Waals surface area contributed by atoms with Gasteiger partial charge in [-0.1, -0.05) is 12.1 Å². The number of carbonyl (C=O) groups excluding carboxylic acids is 1. The maximum absolute atomic E-state index is 12.3. The monoisotopic (exact) mass is 353 g/mol. The molecule has 1 aliphatic heterocycles. The Hall–Kier alpha value is -2.90. The third-order valence-corrected chi connectivity index (χ3v) is 3.63. The fraction of sp³-hybridized carbons (Fsp3) is 0.235. The first-order valence-corrected chi connectivity index (χ1v) is 7.32. The zero-order valence-electron chi connectivity index (χ0n) is 13.2. The predicted molar refractivity (Wildman–Crippen MR) is 82.8 cm³/mol. The number of hydrogen-bond donors (Lipinski definition) is 0. The summed E-state index contributed by atoms with van der Waals surface area (Å²) < 4.78 is 51.3. The van der Waals surface area contributed by atoms with E-state index in [0.29, 0.717) is 17.2 Å². The molecule has 0 bridgehead atoms. The number of carbonyl (C=O) groups is 1. The van der Waals surface area contributed by atoms with E-state index in [4.69, 9.17) is 9.47 Å². The van der Waals surface area contributed by atoms with Crippen LogP contribution in [0.5, 0.6) is 17.2 Å². The molecule has 2 aromatic rings. The van der Waals surface area contributed by atoms with E-state index >= 15 is 0 Å². The molecule has 0 aliphatic carbocycles. The van der Waals surface area contributed by atoms with Crippen molar-refractivity contribution < 1.29 is 32.2 Å². The van der Waals surface area contributed by atoms with Crippen LogP contribution in [0.25, 0.3) is 0 Å². The molecule has 25 heavy (non-hydrogen) atoms. The number of halogens is 3. The van der Waals surface area contributed by atoms with Crippen LogP contribution in [0.2, 0.25) is 0 Å². The molecule has 132 valence electrons. The van der Waals surface area contributed by atoms with E-state index < -0.39 is 6.36 Å². The molecule has 0 radical (unpaired) electrons. The van der Waals surface area contributed by atoms with Gasteiger partial charge >= 0.3 is 6.36 Å². The zero-order chi connectivity index (χ0) is 18.0. The summed E-state index contributed by atoms with van der Waals surface area (Å²) in [5.74, 6) is 0.332. The van der Waals surface area contributed by atoms with E-state index in [1.54, 1.807) is 18.2 Å². The molecule has 0 saturated carbocycles. The van der Waals surface area contributed by atoms with Crippen molar-refractivity contribution in [1.82, 2.24) is 0 Å². The van der Waals surface area contributed by atoms with E-state index in [2.05, 4.69) is 4.74 Å². The molecule has 0 spiro atoms. The third-order valence-electron chi connectivity index (χ3n) is 3.63. The second kappa shape index (κ2) is 6.54. The molecular weight excluding hydrogens is 339 g/mol. The van der Waals surface area contributed by atoms with Gasteiger partial charge in [-0.05, 0) is 30.3 Å². The lowest BCUT2D eigenvalue weighted by atomic mass is 10.1. The molecule has 2 aromatic carbocycles. The van der Waals surface area contributed by atoms with Crippen LogP contribution in [-0.4, -0.2) is 26.0 Å². The molecule has 8 heteroatoms. The van der Waals surface area contributed by atoms with Gasteiger partial charge in [0.1, 0.15) is 5.75 Å². The number of alkyl halides is 3. The number of nitrogens with zero attached hydrogens (tertiary/aromatic N) is 1. The van der Waals surface area contributed by atoms with Crippen LogP contribution < -0.4 is 19.1 Å². The van der Waals surface area contributed by atoms with E-state index in [-0.39, 0.29) is 24.8 Å². The fourth-order valence-corrected chi connectivity index (χ4v) is 2.54. The number of anilines is 1. The molecule has 0 atom stereocenters. The van der Waals surface area contributed by atoms with Gasteiger partial charge in [0, 0.05) is 11.3 Å². The summed E-state index contributed by atoms with van der Waals surface area (Å²) >= 11 is 0. The second-order valence-corrected chi connectivity index (χ2v) is 5.26. The molecule has 5 nitrogen and oxygen atoms in total. The van der Waals surface area contributed by atoms with Crippen LogP contribution in [0.4, 0.5) is 18.9 Å². The number of hydrogen-bond acceptors (Lipinski definition) is 4. The fourth-order valence-electron chi connectivity index (χ4n) is 2.54. The van der Waals surface area contributed by atoms with Crippen molar-refractivity contribution in [3.63, 3.8) is 0 Å². The Bertz CT molecular complexity index is 774. The highest BCUT2D eigenvalue weighted by atomic mass is 19.4. The van der Waals surface area contributed by atoms with Crippen LogP contribution in [0.15, 0.2) is 42.5 Å². The number of methoxy groups -OCH3 is 1. The number of ether oxygens (including phenoxy) is 3. The Morgan fingerprint density at radius 1 is 1.12 bits per heavy atom. The highest BCUT2D eigenvalue weighted by Gasteiger charge is 2.31. The molecule has 3 rings (SSSR count). The van der Waals surface area contributed by atoms with E-state index in [9.17, 15) is 18.0 Å². The molecule has 0 aromatic heterocycles. The lowest BCUT2D eigenvalue weighted by Gasteiger charge is -2.20. The van der Waals surface area contributed by atoms with Crippen molar-refractivity contribution in [3.8, 4) is 17.2 Å². The zero-order valence-corrected chi connectivity index (χ0v) is 13.2. The summed E-state index contributed by atoms with van der Waals surface area (Å²) in [4.78, 5) is 13.8. The van der Waals surface area contributed by atoms with Gasteiger partial charge in [-0.25, -0.2) is 0 Å². The van der Waals surface area contributed by atoms with Gasteiger partial charge in [0.15, 0.2) is 18.1 Å². The van der Waals surface area contributed by atoms with Crippen LogP contribution in [0, 0.1) is 0 Å². The molecule has 1 aliphatic rings. The van der Waals surface area contributed by atoms with Gasteiger partial charge < -0.3 is 19.1 Å². The Kier molecular flexibility index (Phi) is 4.43. The summed E-state index contributed by atoms with van der Waals surface area (Å²) in [7, 11) is 1.50. The summed E-state index contributed by atoms with van der Waals surface area (Å²) in [5.41, 5.74) is 1.18. The van der Waals surface area contributed by atoms with Crippen molar-refractivity contribution in [3.05, 3.63) is 48.0 Å². The summed E-state index contributed by atoms with van der Waals surface area (Å²) in [6.45, 7) is 0.0129. The smallest absolute Gasteiger partial charge is 0.493 e. The van der Waals surface area contributed by atoms with Gasteiger partial charge in [0.25, 0.3) is 5.91 Å². The second-order valence-electron chi connectivity index (χ2n) is 5.26. The van der Waals surface area contributed by atoms with E-state index in [0.717, 1.165) is 17.7 Å². The topological polar surface area (TPSA) is 48.0 Å². The average molecular weight is 353 g/mol. The Balaban J connectivity index is 1.87. The number of benzene rings is 2. The van der Waals surface area contributed by atoms with Crippen molar-refractivity contribution in [2.75, 3.05) is 18.6 Å². The average Bonchev–Trinajstić information content (AvgIpc) is 2.73. The van der Waals surface area contributed by atoms with E-state index in [1.165, 1.54) is 24.1 Å². The molecule has 0 saturated heterocycles. The van der Waals surface area contributed by atoms with Gasteiger partial charge in [0.05, 0.1) is 13.7 Å². The van der Waals surface area contributed by atoms with Crippen LogP contribution in [0.3, 0.4) is 0 Å². The van der Waals surface area contributed by atoms with Crippen molar-refractivity contribution in [2.24, 2.45) is 0 Å². The van der Waals surface area contributed by atoms with Gasteiger partial charge in [-0.15, -0.1) is 13.2 Å². The lowest BCUT2D eigenvalue weighted by molar-refractivity contribution is -0.274. The third kappa shape index (κ3) is 3.78. The predicted octanol–water partition coefficient (Wildman–Crippen LogP) is 3.52. The van der Waals surface area contributed by atoms with Crippen LogP contribution >= 0.6 is 0 Å². The molecular formula is C17H14F3NO4. The molecule has 1 heterocycles. The van der Waals surface area contributed by atoms with Crippen LogP contribution in [0.1, 0.15) is 5.56 Å². The van der Waals surface area contributed by atoms with Crippen LogP contribution in [-0.2, 0) is 11.3 Å². The quantitative estimate of drug-likeness (QED) is 0.847. The number of fused-ring (bicyclic) bond motifs is 1. The minimum Gasteiger partial charge on any atom is -0.493 e. The largest absolute Gasteiger partial charge is 0.573 e. The highest BCUT2D eigenvalue weighted by molar-refractivity contribution is 5.95. The summed E-state index contributed by atoms with van der Waals surface area (Å²) in [6.07, 6.45) is -4.76. The Morgan fingerprint density at radius 3 is 2.48 bits per heavy atom. The molecule has 0 N–H and O–H groups in total. The van der Waals surface area contributed by atoms with Crippen molar-refractivity contribution in [1.29, 1.82) is 0 Å². The van der Waals surface area contributed by atoms with E-state index in [1.807, 2.05) is 0 Å². The Labute approximate surface area is 141 Å². The lowest BCUT2D eigenvalue weighted by Crippen LogP contribution is -2.32. The van der Waals surface area contributed by atoms with Gasteiger partial charge in [0.2, 0.25) is 0 Å². The SMILES string of the molecule is COc1cccc2c1OCC(=O)N(c1ccc(OC(F)(F)F)cc1)C2. The van der Waals surface area contributed by atoms with Crippen molar-refractivity contribution >= 4 is 11.6 Å². The maximum Gasteiger partial charge on any atom is 0.573 e. The highest BCUT2D eigenvalue weighted by Crippen LogP contribution is 2.35. The Morgan fingerprint density at radius 2 is 1.84 bits per heavy atom. The minimum absolute atomic E-state index is 0.200. The number of para-hydroxylation sites is 1. The summed E-state index contributed by atoms with van der Waals surface area (Å²) in [5, 5.41) is 0. The summed E-state index contributed by atoms with van der Waals surface area (Å²) in [6, 6.07) is 10.4. The normalized spacial score (nSPS) is 14.4. The molecule has 0 unspecified atom stereocenters. The first-order chi connectivity index (χ1) is 11.9. The number of rotatable bonds is 3. The standard InChI is InChI=1S/C17H14F3NO4/c1-23-14-4-2-3-11-9-21(15(22)10-24-16(11)14)12-5-7-13(8-6-12)25-17(18,19)20/h2-8H,9-10H2,1H3. The molecule has 1 amide bonds.